The first-order valence-electron chi connectivity index (χ1n) is 6.31. The Labute approximate surface area is 112 Å². The highest BCUT2D eigenvalue weighted by atomic mass is 79.9. The van der Waals surface area contributed by atoms with Gasteiger partial charge in [-0.3, -0.25) is 0 Å². The standard InChI is InChI=1S/C14H20BrNO/c1-10-5-6-11(7-14(10)15)9-16-12-3-2-4-13(17)8-12/h5-7,12-13,16-17H,2-4,8-9H2,1H3. The van der Waals surface area contributed by atoms with E-state index in [0.29, 0.717) is 6.04 Å². The van der Waals surface area contributed by atoms with Gasteiger partial charge in [-0.2, -0.15) is 0 Å². The van der Waals surface area contributed by atoms with Gasteiger partial charge in [0.2, 0.25) is 0 Å². The van der Waals surface area contributed by atoms with E-state index in [4.69, 9.17) is 0 Å². The van der Waals surface area contributed by atoms with Crippen molar-refractivity contribution in [1.82, 2.24) is 5.32 Å². The molecule has 1 aliphatic rings. The molecule has 94 valence electrons. The fourth-order valence-corrected chi connectivity index (χ4v) is 2.78. The van der Waals surface area contributed by atoms with Crippen LogP contribution in [0.3, 0.4) is 0 Å². The molecule has 0 radical (unpaired) electrons. The van der Waals surface area contributed by atoms with Crippen LogP contribution in [0.1, 0.15) is 36.8 Å². The van der Waals surface area contributed by atoms with Gasteiger partial charge in [0.1, 0.15) is 0 Å². The first-order chi connectivity index (χ1) is 8.15. The maximum Gasteiger partial charge on any atom is 0.0555 e. The van der Waals surface area contributed by atoms with Crippen LogP contribution in [0.15, 0.2) is 22.7 Å². The van der Waals surface area contributed by atoms with Crippen molar-refractivity contribution in [2.75, 3.05) is 0 Å². The first-order valence-corrected chi connectivity index (χ1v) is 7.11. The molecule has 0 heterocycles. The zero-order chi connectivity index (χ0) is 12.3. The molecule has 2 N–H and O–H groups in total. The molecular formula is C14H20BrNO. The summed E-state index contributed by atoms with van der Waals surface area (Å²) in [5.74, 6) is 0. The number of benzene rings is 1. The van der Waals surface area contributed by atoms with E-state index >= 15 is 0 Å². The molecule has 1 aliphatic carbocycles. The van der Waals surface area contributed by atoms with E-state index < -0.39 is 0 Å². The van der Waals surface area contributed by atoms with Crippen LogP contribution in [0.2, 0.25) is 0 Å². The molecule has 1 aromatic rings. The summed E-state index contributed by atoms with van der Waals surface area (Å²) in [4.78, 5) is 0. The van der Waals surface area contributed by atoms with Crippen molar-refractivity contribution in [3.05, 3.63) is 33.8 Å². The van der Waals surface area contributed by atoms with Crippen molar-refractivity contribution in [2.24, 2.45) is 0 Å². The minimum Gasteiger partial charge on any atom is -0.393 e. The number of hydrogen-bond acceptors (Lipinski definition) is 2. The number of hydrogen-bond donors (Lipinski definition) is 2. The third-order valence-electron chi connectivity index (χ3n) is 3.48. The zero-order valence-electron chi connectivity index (χ0n) is 10.2. The Kier molecular flexibility index (Phi) is 4.60. The lowest BCUT2D eigenvalue weighted by Crippen LogP contribution is -2.35. The van der Waals surface area contributed by atoms with Gasteiger partial charge in [-0.1, -0.05) is 28.1 Å². The number of rotatable bonds is 3. The van der Waals surface area contributed by atoms with E-state index in [2.05, 4.69) is 46.4 Å². The van der Waals surface area contributed by atoms with Crippen molar-refractivity contribution in [3.63, 3.8) is 0 Å². The van der Waals surface area contributed by atoms with Gasteiger partial charge in [-0.05, 0) is 49.8 Å². The summed E-state index contributed by atoms with van der Waals surface area (Å²) >= 11 is 3.55. The van der Waals surface area contributed by atoms with Crippen molar-refractivity contribution < 1.29 is 5.11 Å². The summed E-state index contributed by atoms with van der Waals surface area (Å²) in [6, 6.07) is 6.93. The lowest BCUT2D eigenvalue weighted by molar-refractivity contribution is 0.111. The molecule has 1 fully saturated rings. The fraction of sp³-hybridized carbons (Fsp3) is 0.571. The number of aliphatic hydroxyl groups excluding tert-OH is 1. The minimum absolute atomic E-state index is 0.106. The summed E-state index contributed by atoms with van der Waals surface area (Å²) in [7, 11) is 0. The molecule has 1 aromatic carbocycles. The average Bonchev–Trinajstić information content (AvgIpc) is 2.31. The Morgan fingerprint density at radius 2 is 2.24 bits per heavy atom. The van der Waals surface area contributed by atoms with Crippen molar-refractivity contribution in [1.29, 1.82) is 0 Å². The predicted octanol–water partition coefficient (Wildman–Crippen LogP) is 3.15. The number of halogens is 1. The van der Waals surface area contributed by atoms with Crippen LogP contribution in [0.25, 0.3) is 0 Å². The second-order valence-corrected chi connectivity index (χ2v) is 5.84. The minimum atomic E-state index is -0.106. The largest absolute Gasteiger partial charge is 0.393 e. The predicted molar refractivity (Wildman–Crippen MR) is 74.0 cm³/mol. The highest BCUT2D eigenvalue weighted by Crippen LogP contribution is 2.20. The maximum absolute atomic E-state index is 9.61. The van der Waals surface area contributed by atoms with Gasteiger partial charge in [0.05, 0.1) is 6.10 Å². The SMILES string of the molecule is Cc1ccc(CNC2CCCC(O)C2)cc1Br. The van der Waals surface area contributed by atoms with Gasteiger partial charge in [-0.15, -0.1) is 0 Å². The molecule has 1 saturated carbocycles. The maximum atomic E-state index is 9.61. The zero-order valence-corrected chi connectivity index (χ0v) is 11.8. The van der Waals surface area contributed by atoms with Crippen molar-refractivity contribution >= 4 is 15.9 Å². The molecule has 3 heteroatoms. The second-order valence-electron chi connectivity index (χ2n) is 4.98. The summed E-state index contributed by atoms with van der Waals surface area (Å²) in [6.07, 6.45) is 4.08. The quantitative estimate of drug-likeness (QED) is 0.898. The molecule has 0 saturated heterocycles. The van der Waals surface area contributed by atoms with Crippen molar-refractivity contribution in [3.8, 4) is 0 Å². The number of nitrogens with one attached hydrogen (secondary N) is 1. The van der Waals surface area contributed by atoms with Crippen LogP contribution in [0.4, 0.5) is 0 Å². The monoisotopic (exact) mass is 297 g/mol. The Hall–Kier alpha value is -0.380. The number of aryl methyl sites for hydroxylation is 1. The summed E-state index contributed by atoms with van der Waals surface area (Å²) in [5, 5.41) is 13.1. The molecule has 2 unspecified atom stereocenters. The van der Waals surface area contributed by atoms with Crippen LogP contribution in [-0.2, 0) is 6.54 Å². The molecule has 0 spiro atoms. The van der Waals surface area contributed by atoms with Crippen LogP contribution < -0.4 is 5.32 Å². The van der Waals surface area contributed by atoms with E-state index in [1.807, 2.05) is 0 Å². The van der Waals surface area contributed by atoms with Crippen LogP contribution in [0, 0.1) is 6.92 Å². The van der Waals surface area contributed by atoms with Crippen molar-refractivity contribution in [2.45, 2.75) is 51.3 Å². The van der Waals surface area contributed by atoms with Gasteiger partial charge in [-0.25, -0.2) is 0 Å². The first kappa shape index (κ1) is 13.1. The van der Waals surface area contributed by atoms with E-state index in [9.17, 15) is 5.11 Å². The van der Waals surface area contributed by atoms with E-state index in [1.165, 1.54) is 22.0 Å². The lowest BCUT2D eigenvalue weighted by atomic mass is 9.93. The molecular weight excluding hydrogens is 278 g/mol. The topological polar surface area (TPSA) is 32.3 Å². The third kappa shape index (κ3) is 3.80. The molecule has 0 aliphatic heterocycles. The Bertz CT molecular complexity index is 380. The fourth-order valence-electron chi connectivity index (χ4n) is 2.36. The molecule has 2 rings (SSSR count). The summed E-state index contributed by atoms with van der Waals surface area (Å²) in [5.41, 5.74) is 2.56. The normalized spacial score (nSPS) is 24.9. The Balaban J connectivity index is 1.86. The molecule has 0 aromatic heterocycles. The van der Waals surface area contributed by atoms with Gasteiger partial charge >= 0.3 is 0 Å². The van der Waals surface area contributed by atoms with Gasteiger partial charge in [0, 0.05) is 17.1 Å². The third-order valence-corrected chi connectivity index (χ3v) is 4.33. The summed E-state index contributed by atoms with van der Waals surface area (Å²) in [6.45, 7) is 2.98. The van der Waals surface area contributed by atoms with Crippen LogP contribution in [0.5, 0.6) is 0 Å². The van der Waals surface area contributed by atoms with Gasteiger partial charge in [0.15, 0.2) is 0 Å². The second kappa shape index (κ2) is 5.98. The molecule has 2 atom stereocenters. The Morgan fingerprint density at radius 3 is 2.94 bits per heavy atom. The average molecular weight is 298 g/mol. The van der Waals surface area contributed by atoms with E-state index in [1.54, 1.807) is 0 Å². The molecule has 17 heavy (non-hydrogen) atoms. The molecule has 2 nitrogen and oxygen atoms in total. The highest BCUT2D eigenvalue weighted by molar-refractivity contribution is 9.10. The lowest BCUT2D eigenvalue weighted by Gasteiger charge is -2.26. The Morgan fingerprint density at radius 1 is 1.41 bits per heavy atom. The number of aliphatic hydroxyl groups is 1. The molecule has 0 bridgehead atoms. The van der Waals surface area contributed by atoms with Crippen LogP contribution >= 0.6 is 15.9 Å². The smallest absolute Gasteiger partial charge is 0.0555 e. The van der Waals surface area contributed by atoms with E-state index in [0.717, 1.165) is 25.8 Å². The van der Waals surface area contributed by atoms with Crippen LogP contribution in [-0.4, -0.2) is 17.3 Å². The highest BCUT2D eigenvalue weighted by Gasteiger charge is 2.19. The summed E-state index contributed by atoms with van der Waals surface area (Å²) < 4.78 is 1.17. The van der Waals surface area contributed by atoms with E-state index in [-0.39, 0.29) is 6.10 Å². The van der Waals surface area contributed by atoms with Gasteiger partial charge in [0.25, 0.3) is 0 Å². The molecule has 0 amide bonds. The van der Waals surface area contributed by atoms with Gasteiger partial charge < -0.3 is 10.4 Å².